The summed E-state index contributed by atoms with van der Waals surface area (Å²) >= 11 is 0. The van der Waals surface area contributed by atoms with Gasteiger partial charge in [0.15, 0.2) is 0 Å². The molecule has 22 nitrogen and oxygen atoms in total. The van der Waals surface area contributed by atoms with Crippen LogP contribution in [-0.2, 0) is 115 Å². The van der Waals surface area contributed by atoms with Crippen molar-refractivity contribution >= 4 is 68.8 Å². The van der Waals surface area contributed by atoms with Crippen LogP contribution in [0.3, 0.4) is 0 Å². The third kappa shape index (κ3) is 36.7. The van der Waals surface area contributed by atoms with Gasteiger partial charge in [-0.05, 0) is 174 Å². The van der Waals surface area contributed by atoms with E-state index >= 15 is 0 Å². The molecule has 0 aliphatic heterocycles. The van der Waals surface area contributed by atoms with Crippen molar-refractivity contribution in [3.8, 4) is 22.6 Å². The molecule has 8 rings (SSSR count). The molecule has 0 heterocycles. The topological polar surface area (TPSA) is 266 Å². The van der Waals surface area contributed by atoms with Crippen LogP contribution in [0.4, 0.5) is 0 Å². The van der Waals surface area contributed by atoms with Gasteiger partial charge in [0.2, 0.25) is 0 Å². The van der Waals surface area contributed by atoms with Gasteiger partial charge in [-0.15, -0.1) is 12.2 Å². The standard InChI is InChI=1S/C41H48O11.C23H28O5.C20H26O6.2Cs.2Os/c1-29-23-34(31-5-7-39(33(27-31)9-10-42)51-21-19-49-17-15-47-13-11-45-3)36-25-30(2)24-35(37(36)26-29)32-6-8-40(38(28-32)41(43)44)52-22-20-50-18-16-48-14-12-46-4;1-18-4-5-19(2)22(16-18)20-6-7-23(21(17-20)8-9-24)28-15-14-27-13-12-26-11-10-25-3;1-14-11-17-16(18(12-14)20(21)22)10-15(2)13-19(17)26-9-8-25-7-6-24-5-4-23-3;;;;/h5-9,23-28H,11-22H2,1-4H3,(H,43,44);4-8,16-17H,10-15H2,1-3H3;10-13H,4-9H2,1-3H3,(H,21,22);;;;/q;;;2*+1;;/p-2. The zero-order valence-electron chi connectivity index (χ0n) is 65.4. The van der Waals surface area contributed by atoms with E-state index in [9.17, 15) is 29.4 Å². The van der Waals surface area contributed by atoms with Crippen LogP contribution in [-0.4, -0.2) is 223 Å². The number of ether oxygens (including phenoxy) is 14. The van der Waals surface area contributed by atoms with Crippen LogP contribution >= 0.6 is 0 Å². The zero-order valence-corrected chi connectivity index (χ0v) is 83.0. The Kier molecular flexibility index (Phi) is 55.9. The maximum atomic E-state index is 12.3. The quantitative estimate of drug-likeness (QED) is 0.0230. The van der Waals surface area contributed by atoms with Crippen molar-refractivity contribution in [3.63, 3.8) is 0 Å². The summed E-state index contributed by atoms with van der Waals surface area (Å²) in [5.41, 5.74) is 13.1. The number of hydrogen-bond acceptors (Lipinski definition) is 20. The first-order valence-corrected chi connectivity index (χ1v) is 35.1. The number of fused-ring (bicyclic) bond motifs is 2. The van der Waals surface area contributed by atoms with Crippen LogP contribution in [0, 0.1) is 41.5 Å². The number of carboxylic acid groups (broad SMARTS) is 2. The van der Waals surface area contributed by atoms with Gasteiger partial charge in [0.25, 0.3) is 24.8 Å². The molecular weight excluding hydrogens is 2010 g/mol. The molecule has 0 spiro atoms. The molecule has 110 heavy (non-hydrogen) atoms. The van der Waals surface area contributed by atoms with Crippen molar-refractivity contribution in [1.29, 1.82) is 0 Å². The molecule has 0 saturated carbocycles. The molecule has 26 heteroatoms. The van der Waals surface area contributed by atoms with E-state index in [0.717, 1.165) is 66.2 Å². The predicted molar refractivity (Wildman–Crippen MR) is 403 cm³/mol. The minimum absolute atomic E-state index is 0. The SMILES string of the molecule is COCCOCCOCCOc1cc(C)cc2c(C(=O)[O-])cc(C)cc12.COCCOCCOCCOc1ccc(-c2cc(C)cc3c(C4=CC(=C[C-]=O)C(=[O+]CCOCCOCCOC)C=C4)cc(C)cc23)cc1C(=O)[O-].COCCOCCOCC[O+]=C1C=CC(c2cc(C)ccc2C)=CC1=C[C-]=O.[Cs+].[Cs+].[Os].[Os]. The van der Waals surface area contributed by atoms with Crippen LogP contribution in [0.5, 0.6) is 11.5 Å². The van der Waals surface area contributed by atoms with Crippen LogP contribution in [0.2, 0.25) is 0 Å². The van der Waals surface area contributed by atoms with Gasteiger partial charge >= 0.3 is 138 Å². The molecule has 2 aliphatic rings. The van der Waals surface area contributed by atoms with Gasteiger partial charge in [-0.3, -0.25) is 8.85 Å². The van der Waals surface area contributed by atoms with Gasteiger partial charge in [0.05, 0.1) is 131 Å². The van der Waals surface area contributed by atoms with Gasteiger partial charge in [-0.25, -0.2) is 0 Å². The number of aromatic carboxylic acids is 2. The first-order chi connectivity index (χ1) is 51.5. The maximum absolute atomic E-state index is 12.3. The Morgan fingerprint density at radius 2 is 0.745 bits per heavy atom. The first-order valence-electron chi connectivity index (χ1n) is 35.1. The molecule has 0 N–H and O–H groups in total. The molecule has 2 aliphatic carbocycles. The van der Waals surface area contributed by atoms with E-state index < -0.39 is 11.9 Å². The second-order valence-corrected chi connectivity index (χ2v) is 24.3. The van der Waals surface area contributed by atoms with E-state index in [1.807, 2.05) is 107 Å². The van der Waals surface area contributed by atoms with Crippen molar-refractivity contribution in [3.05, 3.63) is 200 Å². The summed E-state index contributed by atoms with van der Waals surface area (Å²) in [6.45, 7) is 22.6. The monoisotopic (exact) mass is 2110 g/mol. The number of ketones is 2. The van der Waals surface area contributed by atoms with Crippen molar-refractivity contribution < 1.29 is 282 Å². The number of hydrogen-bond donors (Lipinski definition) is 0. The fourth-order valence-corrected chi connectivity index (χ4v) is 11.0. The van der Waals surface area contributed by atoms with Crippen LogP contribution in [0.25, 0.3) is 43.8 Å². The number of benzene rings is 6. The van der Waals surface area contributed by atoms with E-state index in [-0.39, 0.29) is 207 Å². The minimum Gasteiger partial charge on any atom is -0.545 e. The Hall–Kier alpha value is -3.60. The third-order valence-corrected chi connectivity index (χ3v) is 16.0. The summed E-state index contributed by atoms with van der Waals surface area (Å²) in [6, 6.07) is 27.0. The molecule has 6 aromatic rings. The van der Waals surface area contributed by atoms with E-state index in [4.69, 9.17) is 75.2 Å². The van der Waals surface area contributed by atoms with E-state index in [0.29, 0.717) is 185 Å². The summed E-state index contributed by atoms with van der Waals surface area (Å²) in [7, 11) is 6.50. The number of carboxylic acids is 2. The van der Waals surface area contributed by atoms with Gasteiger partial charge in [-0.1, -0.05) is 71.3 Å². The molecule has 0 radical (unpaired) electrons. The van der Waals surface area contributed by atoms with Crippen molar-refractivity contribution in [2.24, 2.45) is 0 Å². The second-order valence-electron chi connectivity index (χ2n) is 24.3. The van der Waals surface area contributed by atoms with E-state index in [2.05, 4.69) is 50.2 Å². The normalized spacial score (nSPS) is 13.6. The average molecular weight is 2110 g/mol. The molecule has 0 unspecified atom stereocenters. The predicted octanol–water partition coefficient (Wildman–Crippen LogP) is 3.28. The Balaban J connectivity index is 0.000000601. The Morgan fingerprint density at radius 3 is 1.20 bits per heavy atom. The fourth-order valence-electron chi connectivity index (χ4n) is 11.0. The van der Waals surface area contributed by atoms with E-state index in [1.165, 1.54) is 23.3 Å². The number of carbonyl (C=O) groups is 2. The molecular formula is C84H100Cs2O22Os2. The van der Waals surface area contributed by atoms with Crippen LogP contribution < -0.4 is 157 Å². The molecule has 0 aromatic heterocycles. The van der Waals surface area contributed by atoms with Crippen molar-refractivity contribution in [2.45, 2.75) is 41.5 Å². The summed E-state index contributed by atoms with van der Waals surface area (Å²) in [4.78, 5) is 46.1. The Labute approximate surface area is 791 Å². The molecule has 0 atom stereocenters. The average Bonchev–Trinajstić information content (AvgIpc) is 0.822. The fraction of sp³-hybridized carbons (Fsp3) is 0.405. The van der Waals surface area contributed by atoms with Gasteiger partial charge in [-0.2, -0.15) is 12.2 Å². The number of carbonyl (C=O) groups excluding carboxylic acids is 6. The summed E-state index contributed by atoms with van der Waals surface area (Å²) in [5, 5.41) is 27.0. The van der Waals surface area contributed by atoms with Crippen molar-refractivity contribution in [2.75, 3.05) is 187 Å². The zero-order chi connectivity index (χ0) is 76.3. The smallest absolute Gasteiger partial charge is 0.545 e. The summed E-state index contributed by atoms with van der Waals surface area (Å²) < 4.78 is 86.5. The summed E-state index contributed by atoms with van der Waals surface area (Å²) in [6.07, 6.45) is 18.0. The number of aryl methyl sites for hydroxylation is 6. The Bertz CT molecular complexity index is 4090. The van der Waals surface area contributed by atoms with Crippen LogP contribution in [0.1, 0.15) is 65.2 Å². The molecule has 0 saturated heterocycles. The van der Waals surface area contributed by atoms with Crippen LogP contribution in [0.15, 0.2) is 145 Å². The van der Waals surface area contributed by atoms with Gasteiger partial charge in [0, 0.05) is 96.7 Å². The number of methoxy groups -OCH3 is 4. The van der Waals surface area contributed by atoms with Gasteiger partial charge < -0.3 is 95.7 Å². The third-order valence-electron chi connectivity index (χ3n) is 16.0. The Morgan fingerprint density at radius 1 is 0.373 bits per heavy atom. The first kappa shape index (κ1) is 102. The molecule has 586 valence electrons. The molecule has 0 fully saturated rings. The molecule has 6 aromatic carbocycles. The molecule has 0 amide bonds. The molecule has 0 bridgehead atoms. The largest absolute Gasteiger partial charge is 1.00 e. The van der Waals surface area contributed by atoms with Gasteiger partial charge in [0.1, 0.15) is 37.9 Å². The number of rotatable bonds is 45. The second kappa shape index (κ2) is 60.0. The van der Waals surface area contributed by atoms with Crippen molar-refractivity contribution in [1.82, 2.24) is 0 Å². The number of allylic oxidation sites excluding steroid dienone is 12. The maximum Gasteiger partial charge on any atom is 1.00 e. The van der Waals surface area contributed by atoms with E-state index in [1.54, 1.807) is 46.6 Å². The summed E-state index contributed by atoms with van der Waals surface area (Å²) in [5.74, 6) is -0.504. The minimum atomic E-state index is -1.34.